The Labute approximate surface area is 132 Å². The summed E-state index contributed by atoms with van der Waals surface area (Å²) in [5.41, 5.74) is 1.12. The van der Waals surface area contributed by atoms with Gasteiger partial charge in [0.2, 0.25) is 5.91 Å². The first kappa shape index (κ1) is 15.3. The number of carbonyl (C=O) groups is 2. The Morgan fingerprint density at radius 2 is 1.57 bits per heavy atom. The molecule has 3 nitrogen and oxygen atoms in total. The van der Waals surface area contributed by atoms with Crippen molar-refractivity contribution in [3.8, 4) is 0 Å². The van der Waals surface area contributed by atoms with Crippen LogP contribution in [-0.4, -0.2) is 18.2 Å². The van der Waals surface area contributed by atoms with Crippen molar-refractivity contribution in [2.45, 2.75) is 12.8 Å². The van der Waals surface area contributed by atoms with Gasteiger partial charge in [-0.3, -0.25) is 9.59 Å². The summed E-state index contributed by atoms with van der Waals surface area (Å²) in [5, 5.41) is 0. The molecule has 0 N–H and O–H groups in total. The first-order chi connectivity index (χ1) is 11.0. The van der Waals surface area contributed by atoms with Crippen LogP contribution in [-0.2, 0) is 4.79 Å². The minimum atomic E-state index is -0.384. The third kappa shape index (κ3) is 3.28. The molecular formula is C18H15F2NO2. The van der Waals surface area contributed by atoms with Gasteiger partial charge in [-0.2, -0.15) is 0 Å². The summed E-state index contributed by atoms with van der Waals surface area (Å²) in [6, 6.07) is 11.1. The number of nitrogens with zero attached hydrogens (tertiary/aromatic N) is 1. The second kappa shape index (κ2) is 6.28. The van der Waals surface area contributed by atoms with E-state index < -0.39 is 0 Å². The number of benzene rings is 2. The maximum atomic E-state index is 12.9. The van der Waals surface area contributed by atoms with Gasteiger partial charge in [0, 0.05) is 24.2 Å². The van der Waals surface area contributed by atoms with Crippen molar-refractivity contribution < 1.29 is 18.4 Å². The summed E-state index contributed by atoms with van der Waals surface area (Å²) < 4.78 is 25.7. The predicted octanol–water partition coefficient (Wildman–Crippen LogP) is 3.59. The van der Waals surface area contributed by atoms with Gasteiger partial charge in [-0.15, -0.1) is 0 Å². The largest absolute Gasteiger partial charge is 0.311 e. The Hall–Kier alpha value is -2.56. The number of carbonyl (C=O) groups excluding carboxylic acids is 2. The van der Waals surface area contributed by atoms with Crippen LogP contribution in [0.3, 0.4) is 0 Å². The minimum absolute atomic E-state index is 0.0523. The van der Waals surface area contributed by atoms with Gasteiger partial charge in [-0.25, -0.2) is 8.78 Å². The first-order valence-electron chi connectivity index (χ1n) is 7.40. The number of anilines is 1. The molecule has 3 rings (SSSR count). The average molecular weight is 315 g/mol. The van der Waals surface area contributed by atoms with Gasteiger partial charge < -0.3 is 4.90 Å². The van der Waals surface area contributed by atoms with Crippen LogP contribution in [0, 0.1) is 17.6 Å². The van der Waals surface area contributed by atoms with Crippen molar-refractivity contribution in [2.24, 2.45) is 5.92 Å². The van der Waals surface area contributed by atoms with E-state index in [0.717, 1.165) is 0 Å². The third-order valence-corrected chi connectivity index (χ3v) is 4.04. The van der Waals surface area contributed by atoms with Crippen LogP contribution in [0.4, 0.5) is 14.5 Å². The summed E-state index contributed by atoms with van der Waals surface area (Å²) in [7, 11) is 0. The molecular weight excluding hydrogens is 300 g/mol. The molecule has 0 aromatic heterocycles. The molecule has 1 fully saturated rings. The Balaban J connectivity index is 1.53. The molecule has 118 valence electrons. The third-order valence-electron chi connectivity index (χ3n) is 4.04. The topological polar surface area (TPSA) is 37.4 Å². The van der Waals surface area contributed by atoms with Gasteiger partial charge >= 0.3 is 0 Å². The van der Waals surface area contributed by atoms with Gasteiger partial charge in [0.25, 0.3) is 0 Å². The van der Waals surface area contributed by atoms with Crippen molar-refractivity contribution in [3.05, 3.63) is 65.7 Å². The maximum absolute atomic E-state index is 12.9. The number of Topliss-reactive ketones (excluding diaryl/α,β-unsaturated/α-hetero) is 1. The molecule has 1 unspecified atom stereocenters. The molecule has 0 saturated carbocycles. The number of rotatable bonds is 5. The van der Waals surface area contributed by atoms with E-state index in [1.807, 2.05) is 0 Å². The van der Waals surface area contributed by atoms with E-state index >= 15 is 0 Å². The SMILES string of the molecule is O=C(CCC1CN(c2ccc(F)cc2)C1=O)c1ccc(F)cc1. The molecule has 1 aliphatic rings. The molecule has 1 amide bonds. The van der Waals surface area contributed by atoms with Crippen molar-refractivity contribution in [1.82, 2.24) is 0 Å². The maximum Gasteiger partial charge on any atom is 0.231 e. The molecule has 2 aromatic rings. The fraction of sp³-hybridized carbons (Fsp3) is 0.222. The number of amides is 1. The lowest BCUT2D eigenvalue weighted by molar-refractivity contribution is -0.127. The lowest BCUT2D eigenvalue weighted by Gasteiger charge is -2.38. The zero-order valence-electron chi connectivity index (χ0n) is 12.3. The molecule has 0 spiro atoms. The second-order valence-corrected chi connectivity index (χ2v) is 5.59. The fourth-order valence-electron chi connectivity index (χ4n) is 2.65. The molecule has 1 atom stereocenters. The van der Waals surface area contributed by atoms with Gasteiger partial charge in [-0.05, 0) is 55.0 Å². The number of hydrogen-bond donors (Lipinski definition) is 0. The summed E-state index contributed by atoms with van der Waals surface area (Å²) in [6.07, 6.45) is 0.714. The first-order valence-corrected chi connectivity index (χ1v) is 7.40. The van der Waals surface area contributed by atoms with E-state index in [9.17, 15) is 18.4 Å². The number of halogens is 2. The monoisotopic (exact) mass is 315 g/mol. The number of hydrogen-bond acceptors (Lipinski definition) is 2. The zero-order chi connectivity index (χ0) is 16.4. The molecule has 1 aliphatic heterocycles. The summed E-state index contributed by atoms with van der Waals surface area (Å²) in [4.78, 5) is 25.7. The molecule has 0 aliphatic carbocycles. The van der Waals surface area contributed by atoms with Crippen molar-refractivity contribution in [3.63, 3.8) is 0 Å². The second-order valence-electron chi connectivity index (χ2n) is 5.59. The Bertz CT molecular complexity index is 726. The average Bonchev–Trinajstić information content (AvgIpc) is 2.55. The van der Waals surface area contributed by atoms with Gasteiger partial charge in [-0.1, -0.05) is 0 Å². The molecule has 23 heavy (non-hydrogen) atoms. The molecule has 5 heteroatoms. The highest BCUT2D eigenvalue weighted by Gasteiger charge is 2.37. The predicted molar refractivity (Wildman–Crippen MR) is 82.2 cm³/mol. The summed E-state index contributed by atoms with van der Waals surface area (Å²) in [5.74, 6) is -1.07. The van der Waals surface area contributed by atoms with Crippen LogP contribution in [0.5, 0.6) is 0 Å². The molecule has 1 heterocycles. The number of β-lactam (4-membered cyclic amide) rings is 1. The smallest absolute Gasteiger partial charge is 0.231 e. The molecule has 2 aromatic carbocycles. The van der Waals surface area contributed by atoms with Crippen LogP contribution in [0.2, 0.25) is 0 Å². The van der Waals surface area contributed by atoms with E-state index in [2.05, 4.69) is 0 Å². The number of ketones is 1. The van der Waals surface area contributed by atoms with Crippen LogP contribution in [0.25, 0.3) is 0 Å². The molecule has 0 bridgehead atoms. The fourth-order valence-corrected chi connectivity index (χ4v) is 2.65. The highest BCUT2D eigenvalue weighted by atomic mass is 19.1. The van der Waals surface area contributed by atoms with Gasteiger partial charge in [0.15, 0.2) is 5.78 Å². The molecule has 1 saturated heterocycles. The highest BCUT2D eigenvalue weighted by Crippen LogP contribution is 2.29. The van der Waals surface area contributed by atoms with Gasteiger partial charge in [0.05, 0.1) is 5.92 Å². The van der Waals surface area contributed by atoms with E-state index in [0.29, 0.717) is 24.2 Å². The van der Waals surface area contributed by atoms with Crippen molar-refractivity contribution in [2.75, 3.05) is 11.4 Å². The summed E-state index contributed by atoms with van der Waals surface area (Å²) >= 11 is 0. The van der Waals surface area contributed by atoms with E-state index in [-0.39, 0.29) is 35.7 Å². The standard InChI is InChI=1S/C18H15F2NO2/c19-14-4-1-12(2-5-14)17(22)10-3-13-11-21(18(13)23)16-8-6-15(20)7-9-16/h1-2,4-9,13H,3,10-11H2. The van der Waals surface area contributed by atoms with Crippen LogP contribution in [0.15, 0.2) is 48.5 Å². The highest BCUT2D eigenvalue weighted by molar-refractivity contribution is 6.02. The Kier molecular flexibility index (Phi) is 4.19. The normalized spacial score (nSPS) is 17.0. The zero-order valence-corrected chi connectivity index (χ0v) is 12.3. The van der Waals surface area contributed by atoms with E-state index in [4.69, 9.17) is 0 Å². The molecule has 0 radical (unpaired) electrons. The summed E-state index contributed by atoms with van der Waals surface area (Å²) in [6.45, 7) is 0.529. The van der Waals surface area contributed by atoms with E-state index in [1.54, 1.807) is 17.0 Å². The van der Waals surface area contributed by atoms with Crippen LogP contribution >= 0.6 is 0 Å². The lowest BCUT2D eigenvalue weighted by atomic mass is 9.90. The minimum Gasteiger partial charge on any atom is -0.311 e. The van der Waals surface area contributed by atoms with Crippen LogP contribution < -0.4 is 4.90 Å². The lowest BCUT2D eigenvalue weighted by Crippen LogP contribution is -2.52. The Morgan fingerprint density at radius 3 is 2.13 bits per heavy atom. The Morgan fingerprint density at radius 1 is 1.00 bits per heavy atom. The quantitative estimate of drug-likeness (QED) is 0.624. The van der Waals surface area contributed by atoms with Crippen molar-refractivity contribution in [1.29, 1.82) is 0 Å². The van der Waals surface area contributed by atoms with E-state index in [1.165, 1.54) is 36.4 Å². The van der Waals surface area contributed by atoms with Gasteiger partial charge in [0.1, 0.15) is 11.6 Å². The van der Waals surface area contributed by atoms with Crippen LogP contribution in [0.1, 0.15) is 23.2 Å². The van der Waals surface area contributed by atoms with Crippen molar-refractivity contribution >= 4 is 17.4 Å².